The van der Waals surface area contributed by atoms with Crippen molar-refractivity contribution in [2.24, 2.45) is 17.3 Å². The van der Waals surface area contributed by atoms with Gasteiger partial charge in [0.2, 0.25) is 0 Å². The first-order valence-corrected chi connectivity index (χ1v) is 8.20. The van der Waals surface area contributed by atoms with Gasteiger partial charge in [0.15, 0.2) is 5.78 Å². The first-order chi connectivity index (χ1) is 9.20. The average Bonchev–Trinajstić information content (AvgIpc) is 2.93. The number of hydrogen-bond acceptors (Lipinski definition) is 4. The van der Waals surface area contributed by atoms with Crippen molar-refractivity contribution in [3.8, 4) is 0 Å². The lowest BCUT2D eigenvalue weighted by atomic mass is 9.80. The number of nitrogen functional groups attached to an aromatic ring is 1. The van der Waals surface area contributed by atoms with Crippen molar-refractivity contribution < 1.29 is 4.79 Å². The zero-order chi connectivity index (χ0) is 15.1. The molecule has 1 fully saturated rings. The van der Waals surface area contributed by atoms with Crippen molar-refractivity contribution in [3.05, 3.63) is 10.9 Å². The molecule has 1 aromatic heterocycles. The first kappa shape index (κ1) is 15.4. The Bertz CT molecular complexity index is 499. The summed E-state index contributed by atoms with van der Waals surface area (Å²) in [4.78, 5) is 15.2. The van der Waals surface area contributed by atoms with Gasteiger partial charge in [-0.25, -0.2) is 0 Å². The van der Waals surface area contributed by atoms with Crippen LogP contribution in [0.15, 0.2) is 6.07 Å². The molecule has 0 radical (unpaired) electrons. The molecule has 2 rings (SSSR count). The van der Waals surface area contributed by atoms with Crippen molar-refractivity contribution in [1.29, 1.82) is 0 Å². The summed E-state index contributed by atoms with van der Waals surface area (Å²) in [6, 6.07) is 1.98. The highest BCUT2D eigenvalue weighted by atomic mass is 32.1. The van der Waals surface area contributed by atoms with Crippen LogP contribution in [0.25, 0.3) is 0 Å². The highest BCUT2D eigenvalue weighted by Gasteiger charge is 2.33. The lowest BCUT2D eigenvalue weighted by Crippen LogP contribution is -2.25. The molecular formula is C16H26N2OS. The Kier molecular flexibility index (Phi) is 4.14. The second kappa shape index (κ2) is 5.40. The third-order valence-electron chi connectivity index (χ3n) is 4.22. The van der Waals surface area contributed by atoms with E-state index in [1.807, 2.05) is 19.9 Å². The second-order valence-electron chi connectivity index (χ2n) is 7.19. The summed E-state index contributed by atoms with van der Waals surface area (Å²) in [7, 11) is 0. The van der Waals surface area contributed by atoms with Gasteiger partial charge in [-0.1, -0.05) is 34.6 Å². The summed E-state index contributed by atoms with van der Waals surface area (Å²) >= 11 is 1.56. The van der Waals surface area contributed by atoms with Crippen LogP contribution in [-0.4, -0.2) is 18.9 Å². The number of ketones is 1. The maximum Gasteiger partial charge on any atom is 0.177 e. The minimum absolute atomic E-state index is 0.00435. The van der Waals surface area contributed by atoms with Crippen LogP contribution in [-0.2, 0) is 0 Å². The molecule has 0 bridgehead atoms. The largest absolute Gasteiger partial charge is 0.397 e. The normalized spacial score (nSPS) is 19.9. The van der Waals surface area contributed by atoms with Gasteiger partial charge < -0.3 is 10.6 Å². The Balaban J connectivity index is 2.16. The lowest BCUT2D eigenvalue weighted by Gasteiger charge is -2.27. The van der Waals surface area contributed by atoms with Crippen molar-refractivity contribution in [2.45, 2.75) is 41.0 Å². The van der Waals surface area contributed by atoms with Crippen LogP contribution in [0.5, 0.6) is 0 Å². The van der Waals surface area contributed by atoms with Crippen LogP contribution in [0.1, 0.15) is 50.7 Å². The Hall–Kier alpha value is -1.03. The molecule has 1 atom stereocenters. The fraction of sp³-hybridized carbons (Fsp3) is 0.688. The van der Waals surface area contributed by atoms with Crippen molar-refractivity contribution >= 4 is 27.8 Å². The summed E-state index contributed by atoms with van der Waals surface area (Å²) in [5, 5.41) is 1.15. The molecule has 1 aliphatic heterocycles. The van der Waals surface area contributed by atoms with E-state index in [0.29, 0.717) is 17.0 Å². The van der Waals surface area contributed by atoms with E-state index in [-0.39, 0.29) is 11.7 Å². The number of rotatable bonds is 3. The highest BCUT2D eigenvalue weighted by Crippen LogP contribution is 2.40. The third kappa shape index (κ3) is 3.00. The number of thiophene rings is 1. The van der Waals surface area contributed by atoms with Crippen LogP contribution in [0.2, 0.25) is 0 Å². The van der Waals surface area contributed by atoms with Gasteiger partial charge in [-0.3, -0.25) is 4.79 Å². The molecule has 1 unspecified atom stereocenters. The average molecular weight is 294 g/mol. The zero-order valence-corrected chi connectivity index (χ0v) is 14.0. The number of anilines is 2. The molecule has 0 amide bonds. The predicted molar refractivity (Wildman–Crippen MR) is 87.7 cm³/mol. The molecule has 1 aromatic rings. The van der Waals surface area contributed by atoms with Crippen LogP contribution in [0.3, 0.4) is 0 Å². The molecule has 4 heteroatoms. The van der Waals surface area contributed by atoms with E-state index in [0.717, 1.165) is 23.0 Å². The standard InChI is InChI=1S/C16H26N2OS/c1-10(2)14(19)15-12(17)8-13(20-15)18-7-6-11(9-18)16(3,4)5/h8,10-11H,6-7,9,17H2,1-5H3. The van der Waals surface area contributed by atoms with Gasteiger partial charge in [-0.05, 0) is 23.8 Å². The smallest absolute Gasteiger partial charge is 0.177 e. The Labute approximate surface area is 126 Å². The van der Waals surface area contributed by atoms with Crippen molar-refractivity contribution in [2.75, 3.05) is 23.7 Å². The SMILES string of the molecule is CC(C)C(=O)c1sc(N2CCC(C(C)(C)C)C2)cc1N. The highest BCUT2D eigenvalue weighted by molar-refractivity contribution is 7.18. The third-order valence-corrected chi connectivity index (χ3v) is 5.45. The van der Waals surface area contributed by atoms with E-state index in [1.165, 1.54) is 6.42 Å². The number of carbonyl (C=O) groups is 1. The van der Waals surface area contributed by atoms with Crippen LogP contribution >= 0.6 is 11.3 Å². The van der Waals surface area contributed by atoms with E-state index < -0.39 is 0 Å². The molecule has 0 spiro atoms. The summed E-state index contributed by atoms with van der Waals surface area (Å²) < 4.78 is 0. The molecule has 2 N–H and O–H groups in total. The summed E-state index contributed by atoms with van der Waals surface area (Å²) in [5.74, 6) is 0.866. The topological polar surface area (TPSA) is 46.3 Å². The second-order valence-corrected chi connectivity index (χ2v) is 8.22. The summed E-state index contributed by atoms with van der Waals surface area (Å²) in [5.41, 5.74) is 7.01. The van der Waals surface area contributed by atoms with Crippen molar-refractivity contribution in [3.63, 3.8) is 0 Å². The van der Waals surface area contributed by atoms with E-state index in [1.54, 1.807) is 11.3 Å². The minimum atomic E-state index is 0.00435. The van der Waals surface area contributed by atoms with Gasteiger partial charge in [-0.2, -0.15) is 0 Å². The van der Waals surface area contributed by atoms with Gasteiger partial charge >= 0.3 is 0 Å². The Morgan fingerprint density at radius 2 is 2.10 bits per heavy atom. The van der Waals surface area contributed by atoms with E-state index in [4.69, 9.17) is 5.73 Å². The van der Waals surface area contributed by atoms with E-state index in [9.17, 15) is 4.79 Å². The van der Waals surface area contributed by atoms with Crippen LogP contribution in [0, 0.1) is 17.3 Å². The fourth-order valence-electron chi connectivity index (χ4n) is 2.67. The molecular weight excluding hydrogens is 268 g/mol. The number of hydrogen-bond donors (Lipinski definition) is 1. The molecule has 0 aliphatic carbocycles. The fourth-order valence-corrected chi connectivity index (χ4v) is 3.87. The molecule has 0 aromatic carbocycles. The van der Waals surface area contributed by atoms with Gasteiger partial charge in [-0.15, -0.1) is 11.3 Å². The van der Waals surface area contributed by atoms with Gasteiger partial charge in [0.05, 0.1) is 15.6 Å². The number of carbonyl (C=O) groups excluding carboxylic acids is 1. The molecule has 2 heterocycles. The number of nitrogens with two attached hydrogens (primary N) is 1. The Morgan fingerprint density at radius 3 is 2.60 bits per heavy atom. The van der Waals surface area contributed by atoms with Crippen LogP contribution < -0.4 is 10.6 Å². The zero-order valence-electron chi connectivity index (χ0n) is 13.2. The molecule has 20 heavy (non-hydrogen) atoms. The first-order valence-electron chi connectivity index (χ1n) is 7.38. The lowest BCUT2D eigenvalue weighted by molar-refractivity contribution is 0.0944. The molecule has 3 nitrogen and oxygen atoms in total. The molecule has 112 valence electrons. The minimum Gasteiger partial charge on any atom is -0.397 e. The van der Waals surface area contributed by atoms with E-state index in [2.05, 4.69) is 25.7 Å². The van der Waals surface area contributed by atoms with Gasteiger partial charge in [0.25, 0.3) is 0 Å². The molecule has 0 saturated carbocycles. The molecule has 1 aliphatic rings. The van der Waals surface area contributed by atoms with Crippen molar-refractivity contribution in [1.82, 2.24) is 0 Å². The quantitative estimate of drug-likeness (QED) is 0.856. The van der Waals surface area contributed by atoms with Gasteiger partial charge in [0.1, 0.15) is 0 Å². The van der Waals surface area contributed by atoms with Crippen LogP contribution in [0.4, 0.5) is 10.7 Å². The summed E-state index contributed by atoms with van der Waals surface area (Å²) in [6.07, 6.45) is 1.22. The predicted octanol–water partition coefficient (Wildman–Crippen LogP) is 4.04. The van der Waals surface area contributed by atoms with Gasteiger partial charge in [0, 0.05) is 19.0 Å². The Morgan fingerprint density at radius 1 is 1.45 bits per heavy atom. The van der Waals surface area contributed by atoms with E-state index >= 15 is 0 Å². The number of nitrogens with zero attached hydrogens (tertiary/aromatic N) is 1. The number of Topliss-reactive ketones (excluding diaryl/α,β-unsaturated/α-hetero) is 1. The maximum absolute atomic E-state index is 12.1. The molecule has 1 saturated heterocycles. The summed E-state index contributed by atoms with van der Waals surface area (Å²) in [6.45, 7) is 12.9. The monoisotopic (exact) mass is 294 g/mol. The maximum atomic E-state index is 12.1.